The van der Waals surface area contributed by atoms with Gasteiger partial charge in [0.25, 0.3) is 11.5 Å². The molecule has 0 spiro atoms. The molecule has 7 nitrogen and oxygen atoms in total. The van der Waals surface area contributed by atoms with Crippen LogP contribution in [0.3, 0.4) is 0 Å². The zero-order valence-electron chi connectivity index (χ0n) is 16.6. The maximum absolute atomic E-state index is 13.0. The Balaban J connectivity index is 1.41. The van der Waals surface area contributed by atoms with E-state index in [2.05, 4.69) is 10.3 Å². The van der Waals surface area contributed by atoms with E-state index in [1.165, 1.54) is 40.9 Å². The molecular weight excluding hydrogens is 437 g/mol. The SMILES string of the molecule is O=C(COc1ccc(F)cc1)Nc1ccccc1OCc1cc(=O)n2cc(Cl)ccc2n1. The Bertz CT molecular complexity index is 1330. The molecule has 4 rings (SSSR count). The summed E-state index contributed by atoms with van der Waals surface area (Å²) in [4.78, 5) is 29.0. The number of pyridine rings is 1. The van der Waals surface area contributed by atoms with Gasteiger partial charge in [0.05, 0.1) is 16.4 Å². The van der Waals surface area contributed by atoms with Crippen LogP contribution in [0.4, 0.5) is 10.1 Å². The molecule has 1 amide bonds. The van der Waals surface area contributed by atoms with Gasteiger partial charge in [0.15, 0.2) is 6.61 Å². The highest BCUT2D eigenvalue weighted by molar-refractivity contribution is 6.30. The molecular formula is C23H17ClFN3O4. The number of halogens is 2. The molecule has 0 fully saturated rings. The van der Waals surface area contributed by atoms with Gasteiger partial charge in [0.1, 0.15) is 29.6 Å². The van der Waals surface area contributed by atoms with Gasteiger partial charge in [-0.15, -0.1) is 0 Å². The standard InChI is InChI=1S/C23H17ClFN3O4/c24-15-5-10-21-26-17(11-23(30)28(21)12-15)13-32-20-4-2-1-3-19(20)27-22(29)14-31-18-8-6-16(25)7-9-18/h1-12H,13-14H2,(H,27,29). The van der Waals surface area contributed by atoms with Crippen molar-refractivity contribution in [3.05, 3.63) is 99.8 Å². The Labute approximate surface area is 187 Å². The van der Waals surface area contributed by atoms with E-state index in [4.69, 9.17) is 21.1 Å². The maximum Gasteiger partial charge on any atom is 0.262 e. The number of ether oxygens (including phenoxy) is 2. The van der Waals surface area contributed by atoms with Crippen molar-refractivity contribution in [1.82, 2.24) is 9.38 Å². The lowest BCUT2D eigenvalue weighted by Gasteiger charge is -2.13. The van der Waals surface area contributed by atoms with Gasteiger partial charge in [-0.05, 0) is 48.5 Å². The largest absolute Gasteiger partial charge is 0.485 e. The summed E-state index contributed by atoms with van der Waals surface area (Å²) >= 11 is 5.92. The highest BCUT2D eigenvalue weighted by Crippen LogP contribution is 2.24. The molecule has 0 radical (unpaired) electrons. The van der Waals surface area contributed by atoms with Gasteiger partial charge in [-0.1, -0.05) is 23.7 Å². The van der Waals surface area contributed by atoms with Crippen molar-refractivity contribution in [1.29, 1.82) is 0 Å². The summed E-state index contributed by atoms with van der Waals surface area (Å²) in [6.45, 7) is -0.237. The molecule has 2 aromatic heterocycles. The van der Waals surface area contributed by atoms with E-state index in [-0.39, 0.29) is 24.6 Å². The summed E-state index contributed by atoms with van der Waals surface area (Å²) < 4.78 is 25.4. The third kappa shape index (κ3) is 5.22. The second-order valence-electron chi connectivity index (χ2n) is 6.74. The summed E-state index contributed by atoms with van der Waals surface area (Å²) in [5, 5.41) is 3.14. The summed E-state index contributed by atoms with van der Waals surface area (Å²) in [5.41, 5.74) is 1.03. The fourth-order valence-electron chi connectivity index (χ4n) is 2.91. The Hall–Kier alpha value is -3.91. The van der Waals surface area contributed by atoms with Crippen LogP contribution in [0.1, 0.15) is 5.69 Å². The zero-order chi connectivity index (χ0) is 22.5. The molecule has 0 aliphatic rings. The molecule has 9 heteroatoms. The van der Waals surface area contributed by atoms with Gasteiger partial charge >= 0.3 is 0 Å². The van der Waals surface area contributed by atoms with E-state index >= 15 is 0 Å². The van der Waals surface area contributed by atoms with Crippen LogP contribution in [0.25, 0.3) is 5.65 Å². The summed E-state index contributed by atoms with van der Waals surface area (Å²) in [6, 6.07) is 16.9. The van der Waals surface area contributed by atoms with E-state index in [0.29, 0.717) is 33.6 Å². The van der Waals surface area contributed by atoms with Crippen LogP contribution in [0, 0.1) is 5.82 Å². The average molecular weight is 454 g/mol. The van der Waals surface area contributed by atoms with Crippen molar-refractivity contribution in [3.63, 3.8) is 0 Å². The maximum atomic E-state index is 13.0. The van der Waals surface area contributed by atoms with E-state index in [1.807, 2.05) is 0 Å². The first-order valence-electron chi connectivity index (χ1n) is 9.56. The number of hydrogen-bond donors (Lipinski definition) is 1. The first-order chi connectivity index (χ1) is 15.5. The number of benzene rings is 2. The number of nitrogens with one attached hydrogen (secondary N) is 1. The summed E-state index contributed by atoms with van der Waals surface area (Å²) in [5.74, 6) is -0.0219. The number of para-hydroxylation sites is 2. The Morgan fingerprint density at radius 1 is 1.06 bits per heavy atom. The number of carbonyl (C=O) groups is 1. The molecule has 162 valence electrons. The lowest BCUT2D eigenvalue weighted by atomic mass is 10.3. The number of carbonyl (C=O) groups excluding carboxylic acids is 1. The van der Waals surface area contributed by atoms with Crippen LogP contribution in [0.2, 0.25) is 5.02 Å². The molecule has 1 N–H and O–H groups in total. The van der Waals surface area contributed by atoms with Crippen LogP contribution < -0.4 is 20.3 Å². The highest BCUT2D eigenvalue weighted by atomic mass is 35.5. The van der Waals surface area contributed by atoms with Crippen molar-refractivity contribution in [2.45, 2.75) is 6.61 Å². The average Bonchev–Trinajstić information content (AvgIpc) is 2.79. The van der Waals surface area contributed by atoms with E-state index in [1.54, 1.807) is 36.4 Å². The molecule has 2 heterocycles. The number of nitrogens with zero attached hydrogens (tertiary/aromatic N) is 2. The van der Waals surface area contributed by atoms with Gasteiger partial charge in [0, 0.05) is 12.3 Å². The van der Waals surface area contributed by atoms with Crippen molar-refractivity contribution < 1.29 is 18.7 Å². The first kappa shape index (κ1) is 21.3. The van der Waals surface area contributed by atoms with Crippen molar-refractivity contribution in [3.8, 4) is 11.5 Å². The third-order valence-electron chi connectivity index (χ3n) is 4.40. The van der Waals surface area contributed by atoms with E-state index < -0.39 is 5.91 Å². The quantitative estimate of drug-likeness (QED) is 0.456. The minimum Gasteiger partial charge on any atom is -0.485 e. The highest BCUT2D eigenvalue weighted by Gasteiger charge is 2.10. The molecule has 0 aliphatic heterocycles. The van der Waals surface area contributed by atoms with Crippen molar-refractivity contribution in [2.75, 3.05) is 11.9 Å². The van der Waals surface area contributed by atoms with Crippen LogP contribution >= 0.6 is 11.6 Å². The first-order valence-corrected chi connectivity index (χ1v) is 9.93. The van der Waals surface area contributed by atoms with Crippen LogP contribution in [0.15, 0.2) is 77.7 Å². The second kappa shape index (κ2) is 9.49. The molecule has 0 unspecified atom stereocenters. The topological polar surface area (TPSA) is 81.9 Å². The van der Waals surface area contributed by atoms with Gasteiger partial charge < -0.3 is 14.8 Å². The lowest BCUT2D eigenvalue weighted by Crippen LogP contribution is -2.20. The number of rotatable bonds is 7. The fraction of sp³-hybridized carbons (Fsp3) is 0.0870. The van der Waals surface area contributed by atoms with Crippen LogP contribution in [-0.2, 0) is 11.4 Å². The zero-order valence-corrected chi connectivity index (χ0v) is 17.4. The van der Waals surface area contributed by atoms with Crippen LogP contribution in [-0.4, -0.2) is 21.9 Å². The van der Waals surface area contributed by atoms with Gasteiger partial charge in [-0.2, -0.15) is 0 Å². The number of anilines is 1. The van der Waals surface area contributed by atoms with Gasteiger partial charge in [-0.25, -0.2) is 9.37 Å². The van der Waals surface area contributed by atoms with Crippen molar-refractivity contribution in [2.24, 2.45) is 0 Å². The van der Waals surface area contributed by atoms with Gasteiger partial charge in [0.2, 0.25) is 0 Å². The van der Waals surface area contributed by atoms with E-state index in [9.17, 15) is 14.0 Å². The Kier molecular flexibility index (Phi) is 6.32. The minimum atomic E-state index is -0.413. The molecule has 0 aliphatic carbocycles. The normalized spacial score (nSPS) is 10.7. The van der Waals surface area contributed by atoms with E-state index in [0.717, 1.165) is 0 Å². The Morgan fingerprint density at radius 2 is 1.84 bits per heavy atom. The Morgan fingerprint density at radius 3 is 2.66 bits per heavy atom. The number of amides is 1. The molecule has 0 bridgehead atoms. The molecule has 0 saturated carbocycles. The smallest absolute Gasteiger partial charge is 0.262 e. The second-order valence-corrected chi connectivity index (χ2v) is 7.17. The molecule has 2 aromatic carbocycles. The molecule has 32 heavy (non-hydrogen) atoms. The monoisotopic (exact) mass is 453 g/mol. The third-order valence-corrected chi connectivity index (χ3v) is 4.62. The van der Waals surface area contributed by atoms with Crippen molar-refractivity contribution >= 4 is 28.8 Å². The number of aromatic nitrogens is 2. The summed E-state index contributed by atoms with van der Waals surface area (Å²) in [7, 11) is 0. The molecule has 0 atom stereocenters. The number of fused-ring (bicyclic) bond motifs is 1. The minimum absolute atomic E-state index is 0.0212. The molecule has 4 aromatic rings. The predicted octanol–water partition coefficient (Wildman–Crippen LogP) is 4.08. The molecule has 0 saturated heterocycles. The predicted molar refractivity (Wildman–Crippen MR) is 118 cm³/mol. The van der Waals surface area contributed by atoms with Gasteiger partial charge in [-0.3, -0.25) is 14.0 Å². The number of hydrogen-bond acceptors (Lipinski definition) is 5. The fourth-order valence-corrected chi connectivity index (χ4v) is 3.07. The lowest BCUT2D eigenvalue weighted by molar-refractivity contribution is -0.118. The van der Waals surface area contributed by atoms with Crippen LogP contribution in [0.5, 0.6) is 11.5 Å². The summed E-state index contributed by atoms with van der Waals surface area (Å²) in [6.07, 6.45) is 1.50.